The van der Waals surface area contributed by atoms with Crippen LogP contribution in [0.15, 0.2) is 30.3 Å². The first-order chi connectivity index (χ1) is 8.72. The van der Waals surface area contributed by atoms with E-state index in [9.17, 15) is 4.39 Å². The molecular formula is C11H7ClFN5. The second-order valence-corrected chi connectivity index (χ2v) is 4.02. The molecule has 0 atom stereocenters. The van der Waals surface area contributed by atoms with Crippen LogP contribution in [0.1, 0.15) is 0 Å². The van der Waals surface area contributed by atoms with E-state index in [1.165, 1.54) is 12.1 Å². The van der Waals surface area contributed by atoms with E-state index >= 15 is 0 Å². The van der Waals surface area contributed by atoms with Crippen molar-refractivity contribution < 1.29 is 4.39 Å². The number of aromatic nitrogens is 4. The molecule has 2 heterocycles. The van der Waals surface area contributed by atoms with Crippen molar-refractivity contribution in [2.75, 3.05) is 5.32 Å². The lowest BCUT2D eigenvalue weighted by atomic mass is 10.3. The van der Waals surface area contributed by atoms with Gasteiger partial charge in [0, 0.05) is 5.69 Å². The van der Waals surface area contributed by atoms with Gasteiger partial charge in [0.05, 0.1) is 5.02 Å². The molecule has 1 aromatic carbocycles. The van der Waals surface area contributed by atoms with E-state index in [-0.39, 0.29) is 5.02 Å². The van der Waals surface area contributed by atoms with E-state index in [0.717, 1.165) is 0 Å². The number of nitrogens with one attached hydrogen (secondary N) is 2. The van der Waals surface area contributed by atoms with Crippen LogP contribution in [0.5, 0.6) is 0 Å². The van der Waals surface area contributed by atoms with E-state index in [4.69, 9.17) is 11.6 Å². The predicted octanol–water partition coefficient (Wildman–Crippen LogP) is 2.89. The third-order valence-electron chi connectivity index (χ3n) is 2.37. The van der Waals surface area contributed by atoms with Gasteiger partial charge in [-0.05, 0) is 30.3 Å². The van der Waals surface area contributed by atoms with E-state index in [1.54, 1.807) is 18.2 Å². The molecule has 0 saturated heterocycles. The summed E-state index contributed by atoms with van der Waals surface area (Å²) >= 11 is 5.69. The SMILES string of the molecule is Fc1ccc(Nc2ccc3n[nH]nc3n2)cc1Cl. The molecule has 0 aliphatic heterocycles. The number of nitrogens with zero attached hydrogens (tertiary/aromatic N) is 3. The minimum absolute atomic E-state index is 0.0579. The Labute approximate surface area is 106 Å². The Morgan fingerprint density at radius 1 is 1.17 bits per heavy atom. The van der Waals surface area contributed by atoms with Gasteiger partial charge in [0.2, 0.25) is 5.65 Å². The molecule has 0 radical (unpaired) electrons. The summed E-state index contributed by atoms with van der Waals surface area (Å²) in [6.07, 6.45) is 0. The molecule has 2 N–H and O–H groups in total. The molecule has 7 heteroatoms. The number of rotatable bonds is 2. The molecule has 0 aliphatic rings. The minimum atomic E-state index is -0.456. The maximum Gasteiger partial charge on any atom is 0.203 e. The first-order valence-electron chi connectivity index (χ1n) is 5.12. The van der Waals surface area contributed by atoms with Crippen molar-refractivity contribution in [2.24, 2.45) is 0 Å². The fourth-order valence-corrected chi connectivity index (χ4v) is 1.71. The van der Waals surface area contributed by atoms with Gasteiger partial charge >= 0.3 is 0 Å². The Bertz CT molecular complexity index is 711. The van der Waals surface area contributed by atoms with Gasteiger partial charge in [0.25, 0.3) is 0 Å². The third kappa shape index (κ3) is 1.98. The van der Waals surface area contributed by atoms with Crippen molar-refractivity contribution in [1.82, 2.24) is 20.4 Å². The van der Waals surface area contributed by atoms with Crippen molar-refractivity contribution in [3.05, 3.63) is 41.2 Å². The van der Waals surface area contributed by atoms with Crippen LogP contribution in [-0.2, 0) is 0 Å². The highest BCUT2D eigenvalue weighted by molar-refractivity contribution is 6.31. The second kappa shape index (κ2) is 4.23. The third-order valence-corrected chi connectivity index (χ3v) is 2.66. The van der Waals surface area contributed by atoms with Crippen molar-refractivity contribution >= 4 is 34.3 Å². The minimum Gasteiger partial charge on any atom is -0.340 e. The zero-order valence-corrected chi connectivity index (χ0v) is 9.74. The zero-order valence-electron chi connectivity index (χ0n) is 8.98. The summed E-state index contributed by atoms with van der Waals surface area (Å²) in [6.45, 7) is 0. The van der Waals surface area contributed by atoms with E-state index < -0.39 is 5.82 Å². The number of fused-ring (bicyclic) bond motifs is 1. The Morgan fingerprint density at radius 2 is 2.06 bits per heavy atom. The Morgan fingerprint density at radius 3 is 2.89 bits per heavy atom. The number of hydrogen-bond acceptors (Lipinski definition) is 4. The number of pyridine rings is 1. The quantitative estimate of drug-likeness (QED) is 0.746. The smallest absolute Gasteiger partial charge is 0.203 e. The molecule has 3 aromatic rings. The van der Waals surface area contributed by atoms with Crippen molar-refractivity contribution in [3.63, 3.8) is 0 Å². The lowest BCUT2D eigenvalue weighted by Crippen LogP contribution is -1.94. The first-order valence-corrected chi connectivity index (χ1v) is 5.50. The van der Waals surface area contributed by atoms with Crippen LogP contribution in [0.3, 0.4) is 0 Å². The molecule has 18 heavy (non-hydrogen) atoms. The molecule has 0 aliphatic carbocycles. The van der Waals surface area contributed by atoms with Gasteiger partial charge in [-0.1, -0.05) is 11.6 Å². The van der Waals surface area contributed by atoms with Crippen LogP contribution in [0.25, 0.3) is 11.2 Å². The maximum absolute atomic E-state index is 13.0. The van der Waals surface area contributed by atoms with Crippen molar-refractivity contribution in [1.29, 1.82) is 0 Å². The topological polar surface area (TPSA) is 66.5 Å². The molecule has 5 nitrogen and oxygen atoms in total. The lowest BCUT2D eigenvalue weighted by Gasteiger charge is -2.05. The standard InChI is InChI=1S/C11H7ClFN5/c12-7-5-6(1-2-8(7)13)14-10-4-3-9-11(15-10)17-18-16-9/h1-5H,(H2,14,15,16,17,18). The largest absolute Gasteiger partial charge is 0.340 e. The molecule has 0 fully saturated rings. The van der Waals surface area contributed by atoms with Gasteiger partial charge in [0.1, 0.15) is 17.2 Å². The summed E-state index contributed by atoms with van der Waals surface area (Å²) in [4.78, 5) is 4.23. The number of anilines is 2. The van der Waals surface area contributed by atoms with Crippen LogP contribution >= 0.6 is 11.6 Å². The molecule has 90 valence electrons. The molecule has 0 unspecified atom stereocenters. The Balaban J connectivity index is 1.92. The zero-order chi connectivity index (χ0) is 12.5. The summed E-state index contributed by atoms with van der Waals surface area (Å²) in [6, 6.07) is 7.89. The molecule has 0 spiro atoms. The van der Waals surface area contributed by atoms with Gasteiger partial charge in [-0.25, -0.2) is 9.37 Å². The van der Waals surface area contributed by atoms with Gasteiger partial charge < -0.3 is 5.32 Å². The molecule has 0 amide bonds. The average molecular weight is 264 g/mol. The number of benzene rings is 1. The molecule has 2 aromatic heterocycles. The average Bonchev–Trinajstić information content (AvgIpc) is 2.81. The summed E-state index contributed by atoms with van der Waals surface area (Å²) in [5.41, 5.74) is 1.84. The van der Waals surface area contributed by atoms with Crippen molar-refractivity contribution in [2.45, 2.75) is 0 Å². The van der Waals surface area contributed by atoms with Gasteiger partial charge in [-0.3, -0.25) is 0 Å². The highest BCUT2D eigenvalue weighted by atomic mass is 35.5. The van der Waals surface area contributed by atoms with E-state index in [1.807, 2.05) is 0 Å². The highest BCUT2D eigenvalue weighted by Gasteiger charge is 2.04. The predicted molar refractivity (Wildman–Crippen MR) is 66.4 cm³/mol. The van der Waals surface area contributed by atoms with E-state index in [0.29, 0.717) is 22.7 Å². The van der Waals surface area contributed by atoms with Gasteiger partial charge in [0.15, 0.2) is 0 Å². The number of H-pyrrole nitrogens is 1. The number of halogens is 2. The number of hydrogen-bond donors (Lipinski definition) is 2. The fraction of sp³-hybridized carbons (Fsp3) is 0. The normalized spacial score (nSPS) is 10.8. The highest BCUT2D eigenvalue weighted by Crippen LogP contribution is 2.22. The summed E-state index contributed by atoms with van der Waals surface area (Å²) < 4.78 is 13.0. The Kier molecular flexibility index (Phi) is 2.56. The summed E-state index contributed by atoms with van der Waals surface area (Å²) in [5.74, 6) is 0.126. The van der Waals surface area contributed by atoms with Crippen LogP contribution in [0.2, 0.25) is 5.02 Å². The fourth-order valence-electron chi connectivity index (χ4n) is 1.53. The molecule has 0 bridgehead atoms. The maximum atomic E-state index is 13.0. The van der Waals surface area contributed by atoms with Crippen molar-refractivity contribution in [3.8, 4) is 0 Å². The summed E-state index contributed by atoms with van der Waals surface area (Å²) in [5, 5.41) is 13.3. The van der Waals surface area contributed by atoms with Crippen LogP contribution in [0.4, 0.5) is 15.9 Å². The van der Waals surface area contributed by atoms with Crippen LogP contribution in [-0.4, -0.2) is 20.4 Å². The first kappa shape index (κ1) is 10.9. The number of aromatic amines is 1. The second-order valence-electron chi connectivity index (χ2n) is 3.62. The van der Waals surface area contributed by atoms with Gasteiger partial charge in [-0.15, -0.1) is 5.10 Å². The molecule has 3 rings (SSSR count). The summed E-state index contributed by atoms with van der Waals surface area (Å²) in [7, 11) is 0. The molecule has 0 saturated carbocycles. The van der Waals surface area contributed by atoms with Gasteiger partial charge in [-0.2, -0.15) is 10.3 Å². The lowest BCUT2D eigenvalue weighted by molar-refractivity contribution is 0.628. The monoisotopic (exact) mass is 263 g/mol. The Hall–Kier alpha value is -2.21. The molecular weight excluding hydrogens is 257 g/mol. The van der Waals surface area contributed by atoms with E-state index in [2.05, 4.69) is 25.7 Å². The van der Waals surface area contributed by atoms with Crippen LogP contribution < -0.4 is 5.32 Å². The van der Waals surface area contributed by atoms with Crippen LogP contribution in [0, 0.1) is 5.82 Å².